The molecule has 0 saturated carbocycles. The van der Waals surface area contributed by atoms with Gasteiger partial charge in [-0.1, -0.05) is 25.1 Å². The van der Waals surface area contributed by atoms with E-state index in [1.165, 1.54) is 0 Å². The summed E-state index contributed by atoms with van der Waals surface area (Å²) in [5.41, 5.74) is 7.47. The van der Waals surface area contributed by atoms with Gasteiger partial charge in [-0.15, -0.1) is 0 Å². The molecule has 2 rings (SSSR count). The van der Waals surface area contributed by atoms with Crippen molar-refractivity contribution in [1.82, 2.24) is 4.90 Å². The van der Waals surface area contributed by atoms with E-state index in [9.17, 15) is 4.79 Å². The van der Waals surface area contributed by atoms with Crippen molar-refractivity contribution < 1.29 is 9.53 Å². The molecule has 2 unspecified atom stereocenters. The SMILES string of the molecule is CCC1COCCN1C(C)C(=O)Nc1ccccc1CN. The molecule has 2 atom stereocenters. The summed E-state index contributed by atoms with van der Waals surface area (Å²) in [6, 6.07) is 7.79. The fourth-order valence-corrected chi connectivity index (χ4v) is 2.74. The second kappa shape index (κ2) is 7.54. The van der Waals surface area contributed by atoms with Gasteiger partial charge in [-0.2, -0.15) is 0 Å². The minimum atomic E-state index is -0.176. The summed E-state index contributed by atoms with van der Waals surface area (Å²) in [7, 11) is 0. The highest BCUT2D eigenvalue weighted by Gasteiger charge is 2.29. The lowest BCUT2D eigenvalue weighted by molar-refractivity contribution is -0.124. The molecule has 1 aliphatic heterocycles. The first-order valence-corrected chi connectivity index (χ1v) is 7.59. The lowest BCUT2D eigenvalue weighted by Gasteiger charge is -2.38. The van der Waals surface area contributed by atoms with Gasteiger partial charge >= 0.3 is 0 Å². The molecule has 1 aromatic rings. The van der Waals surface area contributed by atoms with Crippen molar-refractivity contribution in [1.29, 1.82) is 0 Å². The van der Waals surface area contributed by atoms with Crippen LogP contribution in [0.5, 0.6) is 0 Å². The van der Waals surface area contributed by atoms with Gasteiger partial charge < -0.3 is 15.8 Å². The number of nitrogens with one attached hydrogen (secondary N) is 1. The molecule has 0 aromatic heterocycles. The van der Waals surface area contributed by atoms with E-state index in [0.29, 0.717) is 25.8 Å². The maximum absolute atomic E-state index is 12.5. The molecule has 5 heteroatoms. The van der Waals surface area contributed by atoms with E-state index in [2.05, 4.69) is 17.1 Å². The summed E-state index contributed by atoms with van der Waals surface area (Å²) in [6.45, 7) is 6.68. The first kappa shape index (κ1) is 15.9. The number of rotatable bonds is 5. The predicted octanol–water partition coefficient (Wildman–Crippen LogP) is 1.58. The quantitative estimate of drug-likeness (QED) is 0.864. The Morgan fingerprint density at radius 2 is 2.29 bits per heavy atom. The molecule has 1 saturated heterocycles. The standard InChI is InChI=1S/C16H25N3O2/c1-3-14-11-21-9-8-19(14)12(2)16(20)18-15-7-5-4-6-13(15)10-17/h4-7,12,14H,3,8-11,17H2,1-2H3,(H,18,20). The lowest BCUT2D eigenvalue weighted by Crippen LogP contribution is -2.53. The highest BCUT2D eigenvalue weighted by atomic mass is 16.5. The Morgan fingerprint density at radius 3 is 3.00 bits per heavy atom. The second-order valence-electron chi connectivity index (χ2n) is 5.40. The second-order valence-corrected chi connectivity index (χ2v) is 5.40. The fraction of sp³-hybridized carbons (Fsp3) is 0.562. The number of nitrogens with zero attached hydrogens (tertiary/aromatic N) is 1. The van der Waals surface area contributed by atoms with Crippen molar-refractivity contribution >= 4 is 11.6 Å². The van der Waals surface area contributed by atoms with Gasteiger partial charge in [0.15, 0.2) is 0 Å². The molecule has 5 nitrogen and oxygen atoms in total. The van der Waals surface area contributed by atoms with Gasteiger partial charge in [0.25, 0.3) is 0 Å². The van der Waals surface area contributed by atoms with E-state index >= 15 is 0 Å². The van der Waals surface area contributed by atoms with Crippen LogP contribution in [-0.2, 0) is 16.1 Å². The van der Waals surface area contributed by atoms with Crippen molar-refractivity contribution in [3.8, 4) is 0 Å². The van der Waals surface area contributed by atoms with Crippen molar-refractivity contribution in [2.75, 3.05) is 25.1 Å². The molecular weight excluding hydrogens is 266 g/mol. The van der Waals surface area contributed by atoms with Crippen LogP contribution < -0.4 is 11.1 Å². The number of para-hydroxylation sites is 1. The Balaban J connectivity index is 2.05. The first-order chi connectivity index (χ1) is 10.2. The molecule has 116 valence electrons. The molecule has 0 radical (unpaired) electrons. The molecule has 0 spiro atoms. The van der Waals surface area contributed by atoms with Gasteiger partial charge in [0, 0.05) is 24.8 Å². The Morgan fingerprint density at radius 1 is 1.52 bits per heavy atom. The normalized spacial score (nSPS) is 21.0. The minimum Gasteiger partial charge on any atom is -0.378 e. The Bertz CT molecular complexity index is 478. The zero-order valence-electron chi connectivity index (χ0n) is 12.8. The third-order valence-corrected chi connectivity index (χ3v) is 4.12. The van der Waals surface area contributed by atoms with Crippen LogP contribution in [0.15, 0.2) is 24.3 Å². The Labute approximate surface area is 126 Å². The number of amides is 1. The zero-order chi connectivity index (χ0) is 15.2. The maximum Gasteiger partial charge on any atom is 0.241 e. The number of ether oxygens (including phenoxy) is 1. The van der Waals surface area contributed by atoms with Gasteiger partial charge in [-0.25, -0.2) is 0 Å². The van der Waals surface area contributed by atoms with E-state index in [1.54, 1.807) is 0 Å². The summed E-state index contributed by atoms with van der Waals surface area (Å²) in [6.07, 6.45) is 0.983. The molecule has 21 heavy (non-hydrogen) atoms. The molecule has 1 heterocycles. The number of nitrogens with two attached hydrogens (primary N) is 1. The van der Waals surface area contributed by atoms with Crippen LogP contribution in [-0.4, -0.2) is 42.6 Å². The van der Waals surface area contributed by atoms with Gasteiger partial charge in [0.1, 0.15) is 0 Å². The smallest absolute Gasteiger partial charge is 0.241 e. The predicted molar refractivity (Wildman–Crippen MR) is 84.0 cm³/mol. The number of benzene rings is 1. The van der Waals surface area contributed by atoms with E-state index < -0.39 is 0 Å². The zero-order valence-corrected chi connectivity index (χ0v) is 12.8. The van der Waals surface area contributed by atoms with E-state index in [-0.39, 0.29) is 11.9 Å². The van der Waals surface area contributed by atoms with Gasteiger partial charge in [-0.3, -0.25) is 9.69 Å². The number of hydrogen-bond acceptors (Lipinski definition) is 4. The maximum atomic E-state index is 12.5. The van der Waals surface area contributed by atoms with Crippen molar-refractivity contribution in [2.45, 2.75) is 38.9 Å². The summed E-state index contributed by atoms with van der Waals surface area (Å²) in [4.78, 5) is 14.7. The Kier molecular flexibility index (Phi) is 5.73. The summed E-state index contributed by atoms with van der Waals surface area (Å²) >= 11 is 0. The van der Waals surface area contributed by atoms with Crippen LogP contribution in [0.4, 0.5) is 5.69 Å². The summed E-state index contributed by atoms with van der Waals surface area (Å²) in [5.74, 6) is 0.0104. The molecule has 1 aliphatic rings. The molecule has 1 aromatic carbocycles. The molecule has 1 amide bonds. The molecule has 0 aliphatic carbocycles. The lowest BCUT2D eigenvalue weighted by atomic mass is 10.1. The van der Waals surface area contributed by atoms with Gasteiger partial charge in [0.2, 0.25) is 5.91 Å². The number of hydrogen-bond donors (Lipinski definition) is 2. The highest BCUT2D eigenvalue weighted by Crippen LogP contribution is 2.18. The van der Waals surface area contributed by atoms with Crippen LogP contribution in [0.2, 0.25) is 0 Å². The van der Waals surface area contributed by atoms with Gasteiger partial charge in [0.05, 0.1) is 19.3 Å². The number of anilines is 1. The fourth-order valence-electron chi connectivity index (χ4n) is 2.74. The van der Waals surface area contributed by atoms with E-state index in [0.717, 1.165) is 24.2 Å². The van der Waals surface area contributed by atoms with Crippen molar-refractivity contribution in [2.24, 2.45) is 5.73 Å². The van der Waals surface area contributed by atoms with Crippen LogP contribution in [0.1, 0.15) is 25.8 Å². The monoisotopic (exact) mass is 291 g/mol. The average molecular weight is 291 g/mol. The van der Waals surface area contributed by atoms with E-state index in [1.807, 2.05) is 31.2 Å². The first-order valence-electron chi connectivity index (χ1n) is 7.59. The van der Waals surface area contributed by atoms with Crippen molar-refractivity contribution in [3.63, 3.8) is 0 Å². The molecule has 0 bridgehead atoms. The van der Waals surface area contributed by atoms with E-state index in [4.69, 9.17) is 10.5 Å². The van der Waals surface area contributed by atoms with Gasteiger partial charge in [-0.05, 0) is 25.0 Å². The third kappa shape index (κ3) is 3.81. The van der Waals surface area contributed by atoms with Crippen LogP contribution in [0.3, 0.4) is 0 Å². The third-order valence-electron chi connectivity index (χ3n) is 4.12. The largest absolute Gasteiger partial charge is 0.378 e. The highest BCUT2D eigenvalue weighted by molar-refractivity contribution is 5.95. The number of carbonyl (C=O) groups excluding carboxylic acids is 1. The average Bonchev–Trinajstić information content (AvgIpc) is 2.54. The number of morpholine rings is 1. The van der Waals surface area contributed by atoms with Crippen LogP contribution in [0.25, 0.3) is 0 Å². The topological polar surface area (TPSA) is 67.6 Å². The minimum absolute atomic E-state index is 0.0104. The Hall–Kier alpha value is -1.43. The molecule has 1 fully saturated rings. The van der Waals surface area contributed by atoms with Crippen molar-refractivity contribution in [3.05, 3.63) is 29.8 Å². The van der Waals surface area contributed by atoms with Crippen LogP contribution in [0, 0.1) is 0 Å². The molecule has 3 N–H and O–H groups in total. The molecular formula is C16H25N3O2. The number of carbonyl (C=O) groups is 1. The van der Waals surface area contributed by atoms with Crippen LogP contribution >= 0.6 is 0 Å². The summed E-state index contributed by atoms with van der Waals surface area (Å²) < 4.78 is 5.50. The summed E-state index contributed by atoms with van der Waals surface area (Å²) in [5, 5.41) is 3.00.